The highest BCUT2D eigenvalue weighted by Crippen LogP contribution is 2.23. The van der Waals surface area contributed by atoms with Crippen molar-refractivity contribution in [2.75, 3.05) is 25.1 Å². The topological polar surface area (TPSA) is 78.3 Å². The van der Waals surface area contributed by atoms with E-state index in [1.54, 1.807) is 24.3 Å². The van der Waals surface area contributed by atoms with E-state index in [2.05, 4.69) is 15.4 Å². The summed E-state index contributed by atoms with van der Waals surface area (Å²) in [7, 11) is 0. The Labute approximate surface area is 141 Å². The summed E-state index contributed by atoms with van der Waals surface area (Å²) in [6.07, 6.45) is 1.72. The van der Waals surface area contributed by atoms with Crippen molar-refractivity contribution in [3.8, 4) is 5.88 Å². The van der Waals surface area contributed by atoms with Gasteiger partial charge in [-0.05, 0) is 38.8 Å². The number of carbonyl (C=O) groups excluding carboxylic acids is 1. The van der Waals surface area contributed by atoms with E-state index in [1.165, 1.54) is 0 Å². The van der Waals surface area contributed by atoms with E-state index >= 15 is 0 Å². The fraction of sp³-hybridized carbons (Fsp3) is 0.471. The maximum absolute atomic E-state index is 12.7. The molecule has 1 aliphatic rings. The lowest BCUT2D eigenvalue weighted by Gasteiger charge is -2.23. The first-order valence-electron chi connectivity index (χ1n) is 8.22. The predicted octanol–water partition coefficient (Wildman–Crippen LogP) is 2.59. The van der Waals surface area contributed by atoms with Crippen LogP contribution < -0.4 is 10.1 Å². The quantitative estimate of drug-likeness (QED) is 0.911. The number of hydrogen-bond acceptors (Lipinski definition) is 5. The zero-order valence-corrected chi connectivity index (χ0v) is 14.0. The van der Waals surface area contributed by atoms with E-state index in [-0.39, 0.29) is 11.9 Å². The van der Waals surface area contributed by atoms with Crippen molar-refractivity contribution in [1.82, 2.24) is 14.8 Å². The average molecular weight is 330 g/mol. The molecule has 24 heavy (non-hydrogen) atoms. The van der Waals surface area contributed by atoms with Crippen LogP contribution >= 0.6 is 0 Å². The second-order valence-electron chi connectivity index (χ2n) is 5.71. The molecule has 7 heteroatoms. The van der Waals surface area contributed by atoms with Gasteiger partial charge in [0.25, 0.3) is 5.91 Å². The zero-order chi connectivity index (χ0) is 16.9. The Kier molecular flexibility index (Phi) is 5.10. The molecule has 0 unspecified atom stereocenters. The molecule has 7 nitrogen and oxygen atoms in total. The Bertz CT molecular complexity index is 708. The van der Waals surface area contributed by atoms with Crippen LogP contribution in [-0.4, -0.2) is 40.5 Å². The normalized spacial score (nSPS) is 15.2. The van der Waals surface area contributed by atoms with E-state index in [4.69, 9.17) is 9.47 Å². The van der Waals surface area contributed by atoms with Crippen molar-refractivity contribution in [3.05, 3.63) is 35.7 Å². The second-order valence-corrected chi connectivity index (χ2v) is 5.71. The molecule has 1 N–H and O–H groups in total. The summed E-state index contributed by atoms with van der Waals surface area (Å²) in [6, 6.07) is 7.29. The van der Waals surface area contributed by atoms with Crippen molar-refractivity contribution in [3.63, 3.8) is 0 Å². The Morgan fingerprint density at radius 3 is 2.96 bits per heavy atom. The van der Waals surface area contributed by atoms with Crippen molar-refractivity contribution in [2.45, 2.75) is 32.7 Å². The van der Waals surface area contributed by atoms with Gasteiger partial charge in [-0.1, -0.05) is 6.07 Å². The monoisotopic (exact) mass is 330 g/mol. The zero-order valence-electron chi connectivity index (χ0n) is 14.0. The number of hydrogen-bond donors (Lipinski definition) is 1. The van der Waals surface area contributed by atoms with Crippen LogP contribution in [-0.2, 0) is 4.74 Å². The molecule has 2 aromatic rings. The highest BCUT2D eigenvalue weighted by molar-refractivity contribution is 6.02. The van der Waals surface area contributed by atoms with E-state index in [9.17, 15) is 4.79 Å². The van der Waals surface area contributed by atoms with E-state index in [0.717, 1.165) is 18.5 Å². The third kappa shape index (κ3) is 3.73. The number of amides is 1. The highest BCUT2D eigenvalue weighted by Gasteiger charge is 2.23. The van der Waals surface area contributed by atoms with Crippen molar-refractivity contribution in [1.29, 1.82) is 0 Å². The van der Waals surface area contributed by atoms with Gasteiger partial charge in [0.05, 0.1) is 18.3 Å². The van der Waals surface area contributed by atoms with Crippen LogP contribution in [0.2, 0.25) is 0 Å². The fourth-order valence-electron chi connectivity index (χ4n) is 2.79. The lowest BCUT2D eigenvalue weighted by molar-refractivity contribution is 0.0646. The van der Waals surface area contributed by atoms with E-state index in [1.807, 2.05) is 18.5 Å². The summed E-state index contributed by atoms with van der Waals surface area (Å²) < 4.78 is 12.6. The first-order chi connectivity index (χ1) is 11.7. The first kappa shape index (κ1) is 16.4. The number of anilines is 1. The molecule has 0 aromatic carbocycles. The van der Waals surface area contributed by atoms with Crippen LogP contribution in [0.15, 0.2) is 24.3 Å². The summed E-state index contributed by atoms with van der Waals surface area (Å²) in [6.45, 7) is 5.70. The molecule has 3 rings (SSSR count). The number of carbonyl (C=O) groups is 1. The number of rotatable bonds is 5. The minimum absolute atomic E-state index is 0.191. The average Bonchev–Trinajstić information content (AvgIpc) is 2.98. The molecule has 128 valence electrons. The van der Waals surface area contributed by atoms with E-state index in [0.29, 0.717) is 37.2 Å². The van der Waals surface area contributed by atoms with Gasteiger partial charge in [-0.15, -0.1) is 0 Å². The molecule has 0 radical (unpaired) electrons. The van der Waals surface area contributed by atoms with Gasteiger partial charge in [0.2, 0.25) is 5.88 Å². The second kappa shape index (κ2) is 7.44. The van der Waals surface area contributed by atoms with Gasteiger partial charge in [0, 0.05) is 19.3 Å². The fourth-order valence-corrected chi connectivity index (χ4v) is 2.79. The summed E-state index contributed by atoms with van der Waals surface area (Å²) in [5.41, 5.74) is 1.37. The molecule has 2 aromatic heterocycles. The van der Waals surface area contributed by atoms with Crippen LogP contribution in [0.25, 0.3) is 0 Å². The lowest BCUT2D eigenvalue weighted by Crippen LogP contribution is -2.25. The smallest absolute Gasteiger partial charge is 0.275 e. The van der Waals surface area contributed by atoms with Gasteiger partial charge in [-0.3, -0.25) is 9.48 Å². The number of pyridine rings is 1. The van der Waals surface area contributed by atoms with Gasteiger partial charge >= 0.3 is 0 Å². The molecular formula is C17H22N4O3. The molecule has 0 bridgehead atoms. The number of nitrogens with zero attached hydrogens (tertiary/aromatic N) is 3. The van der Waals surface area contributed by atoms with Crippen LogP contribution in [0, 0.1) is 6.92 Å². The maximum atomic E-state index is 12.7. The molecule has 1 aliphatic heterocycles. The van der Waals surface area contributed by atoms with Crippen LogP contribution in [0.4, 0.5) is 5.82 Å². The Morgan fingerprint density at radius 2 is 2.21 bits per heavy atom. The molecule has 0 spiro atoms. The molecule has 0 aliphatic carbocycles. The predicted molar refractivity (Wildman–Crippen MR) is 89.4 cm³/mol. The van der Waals surface area contributed by atoms with Gasteiger partial charge in [-0.2, -0.15) is 10.1 Å². The summed E-state index contributed by atoms with van der Waals surface area (Å²) >= 11 is 0. The van der Waals surface area contributed by atoms with Crippen LogP contribution in [0.1, 0.15) is 42.0 Å². The SMILES string of the molecule is CCOc1cccc(NC(=O)c2cc(C)nn2C2CCOCC2)n1. The molecule has 3 heterocycles. The minimum Gasteiger partial charge on any atom is -0.478 e. The van der Waals surface area contributed by atoms with Crippen molar-refractivity contribution in [2.24, 2.45) is 0 Å². The first-order valence-corrected chi connectivity index (χ1v) is 8.22. The van der Waals surface area contributed by atoms with Gasteiger partial charge in [0.15, 0.2) is 0 Å². The minimum atomic E-state index is -0.219. The van der Waals surface area contributed by atoms with Crippen molar-refractivity contribution >= 4 is 11.7 Å². The van der Waals surface area contributed by atoms with Gasteiger partial charge in [-0.25, -0.2) is 0 Å². The Morgan fingerprint density at radius 1 is 1.42 bits per heavy atom. The number of aromatic nitrogens is 3. The summed E-state index contributed by atoms with van der Waals surface area (Å²) in [5, 5.41) is 7.33. The number of ether oxygens (including phenoxy) is 2. The molecule has 0 saturated carbocycles. The number of aryl methyl sites for hydroxylation is 1. The third-order valence-corrected chi connectivity index (χ3v) is 3.88. The maximum Gasteiger partial charge on any atom is 0.275 e. The van der Waals surface area contributed by atoms with Crippen LogP contribution in [0.3, 0.4) is 0 Å². The Hall–Kier alpha value is -2.41. The van der Waals surface area contributed by atoms with Crippen LogP contribution in [0.5, 0.6) is 5.88 Å². The summed E-state index contributed by atoms with van der Waals surface area (Å²) in [4.78, 5) is 16.9. The Balaban J connectivity index is 1.78. The largest absolute Gasteiger partial charge is 0.478 e. The van der Waals surface area contributed by atoms with Gasteiger partial charge < -0.3 is 14.8 Å². The van der Waals surface area contributed by atoms with E-state index < -0.39 is 0 Å². The lowest BCUT2D eigenvalue weighted by atomic mass is 10.1. The standard InChI is InChI=1S/C17H22N4O3/c1-3-24-16-6-4-5-15(18-16)19-17(22)14-11-12(2)20-21(14)13-7-9-23-10-8-13/h4-6,11,13H,3,7-10H2,1-2H3,(H,18,19,22). The number of nitrogens with one attached hydrogen (secondary N) is 1. The molecule has 1 amide bonds. The van der Waals surface area contributed by atoms with Gasteiger partial charge in [0.1, 0.15) is 11.5 Å². The molecular weight excluding hydrogens is 308 g/mol. The summed E-state index contributed by atoms with van der Waals surface area (Å²) in [5.74, 6) is 0.732. The third-order valence-electron chi connectivity index (χ3n) is 3.88. The molecule has 1 saturated heterocycles. The molecule has 1 fully saturated rings. The van der Waals surface area contributed by atoms with Crippen molar-refractivity contribution < 1.29 is 14.3 Å². The molecule has 0 atom stereocenters. The highest BCUT2D eigenvalue weighted by atomic mass is 16.5.